The van der Waals surface area contributed by atoms with Crippen LogP contribution in [0.2, 0.25) is 5.02 Å². The number of rotatable bonds is 7. The lowest BCUT2D eigenvalue weighted by atomic mass is 9.54. The van der Waals surface area contributed by atoms with Crippen molar-refractivity contribution >= 4 is 23.2 Å². The summed E-state index contributed by atoms with van der Waals surface area (Å²) in [7, 11) is 0. The summed E-state index contributed by atoms with van der Waals surface area (Å²) in [4.78, 5) is 12.7. The molecule has 0 bridgehead atoms. The van der Waals surface area contributed by atoms with E-state index in [4.69, 9.17) is 26.8 Å². The van der Waals surface area contributed by atoms with Gasteiger partial charge in [0.05, 0.1) is 17.7 Å². The molecule has 0 aromatic heterocycles. The molecule has 3 N–H and O–H groups in total. The smallest absolute Gasteiger partial charge is 0.245 e. The fourth-order valence-electron chi connectivity index (χ4n) is 3.02. The molecule has 0 saturated heterocycles. The van der Waals surface area contributed by atoms with Crippen LogP contribution in [-0.4, -0.2) is 30.8 Å². The van der Waals surface area contributed by atoms with Crippen molar-refractivity contribution < 1.29 is 14.3 Å². The Morgan fingerprint density at radius 2 is 2.12 bits per heavy atom. The highest BCUT2D eigenvalue weighted by Crippen LogP contribution is 2.50. The molecule has 140 valence electrons. The lowest BCUT2D eigenvalue weighted by Gasteiger charge is -2.57. The average Bonchev–Trinajstić information content (AvgIpc) is 2.53. The zero-order chi connectivity index (χ0) is 18.8. The van der Waals surface area contributed by atoms with Crippen molar-refractivity contribution in [3.63, 3.8) is 0 Å². The molecule has 1 aromatic rings. The van der Waals surface area contributed by atoms with Gasteiger partial charge in [0.2, 0.25) is 5.91 Å². The first-order chi connectivity index (χ1) is 11.6. The van der Waals surface area contributed by atoms with Gasteiger partial charge in [0.25, 0.3) is 0 Å². The van der Waals surface area contributed by atoms with Crippen molar-refractivity contribution in [2.24, 2.45) is 17.1 Å². The van der Waals surface area contributed by atoms with Crippen molar-refractivity contribution in [2.45, 2.75) is 52.7 Å². The molecule has 1 aliphatic rings. The maximum atomic E-state index is 12.7. The zero-order valence-electron chi connectivity index (χ0n) is 15.7. The number of halogens is 1. The van der Waals surface area contributed by atoms with Gasteiger partial charge in [-0.25, -0.2) is 0 Å². The van der Waals surface area contributed by atoms with E-state index in [9.17, 15) is 4.79 Å². The Bertz CT molecular complexity index is 633. The lowest BCUT2D eigenvalue weighted by Crippen LogP contribution is -2.74. The fourth-order valence-corrected chi connectivity index (χ4v) is 3.25. The van der Waals surface area contributed by atoms with Crippen LogP contribution in [0.25, 0.3) is 0 Å². The van der Waals surface area contributed by atoms with Gasteiger partial charge >= 0.3 is 0 Å². The van der Waals surface area contributed by atoms with E-state index in [0.29, 0.717) is 42.0 Å². The summed E-state index contributed by atoms with van der Waals surface area (Å²) < 4.78 is 11.3. The molecular weight excluding hydrogens is 340 g/mol. The molecule has 1 saturated carbocycles. The third kappa shape index (κ3) is 3.94. The predicted molar refractivity (Wildman–Crippen MR) is 101 cm³/mol. The Labute approximate surface area is 155 Å². The zero-order valence-corrected chi connectivity index (χ0v) is 16.4. The van der Waals surface area contributed by atoms with Crippen LogP contribution in [0, 0.1) is 11.3 Å². The van der Waals surface area contributed by atoms with Gasteiger partial charge in [-0.15, -0.1) is 0 Å². The Morgan fingerprint density at radius 1 is 1.44 bits per heavy atom. The molecule has 1 fully saturated rings. The van der Waals surface area contributed by atoms with Gasteiger partial charge in [-0.05, 0) is 31.0 Å². The first-order valence-corrected chi connectivity index (χ1v) is 9.14. The van der Waals surface area contributed by atoms with E-state index in [-0.39, 0.29) is 12.0 Å². The van der Waals surface area contributed by atoms with Gasteiger partial charge < -0.3 is 20.5 Å². The number of nitrogens with two attached hydrogens (primary N) is 1. The first-order valence-electron chi connectivity index (χ1n) is 8.76. The van der Waals surface area contributed by atoms with Crippen LogP contribution in [-0.2, 0) is 9.53 Å². The molecule has 0 heterocycles. The Morgan fingerprint density at radius 3 is 2.64 bits per heavy atom. The predicted octanol–water partition coefficient (Wildman–Crippen LogP) is 3.85. The quantitative estimate of drug-likeness (QED) is 0.766. The highest BCUT2D eigenvalue weighted by molar-refractivity contribution is 6.32. The maximum absolute atomic E-state index is 12.7. The highest BCUT2D eigenvalue weighted by Gasteiger charge is 2.62. The first kappa shape index (κ1) is 20.0. The van der Waals surface area contributed by atoms with Crippen LogP contribution in [0.5, 0.6) is 5.75 Å². The molecule has 1 aliphatic carbocycles. The number of ether oxygens (including phenoxy) is 2. The molecule has 1 amide bonds. The summed E-state index contributed by atoms with van der Waals surface area (Å²) in [5.41, 5.74) is 5.60. The number of amides is 1. The van der Waals surface area contributed by atoms with Gasteiger partial charge in [-0.1, -0.05) is 39.3 Å². The molecule has 5 nitrogen and oxygen atoms in total. The number of nitrogens with one attached hydrogen (secondary N) is 1. The SMILES string of the molecule is CCOC1CC(N)(C(=O)Nc2ccc(OCC(C)C)c(Cl)c2)C1(C)C. The summed E-state index contributed by atoms with van der Waals surface area (Å²) in [6, 6.07) is 5.22. The van der Waals surface area contributed by atoms with Gasteiger partial charge in [0.15, 0.2) is 0 Å². The normalized spacial score (nSPS) is 24.7. The number of anilines is 1. The van der Waals surface area contributed by atoms with E-state index in [1.807, 2.05) is 20.8 Å². The third-order valence-electron chi connectivity index (χ3n) is 5.00. The van der Waals surface area contributed by atoms with Gasteiger partial charge in [0.1, 0.15) is 11.3 Å². The number of benzene rings is 1. The number of hydrogen-bond donors (Lipinski definition) is 2. The molecule has 2 unspecified atom stereocenters. The van der Waals surface area contributed by atoms with Crippen molar-refractivity contribution in [3.8, 4) is 5.75 Å². The largest absolute Gasteiger partial charge is 0.492 e. The summed E-state index contributed by atoms with van der Waals surface area (Å²) in [6.07, 6.45) is 0.492. The van der Waals surface area contributed by atoms with Crippen molar-refractivity contribution in [1.82, 2.24) is 0 Å². The average molecular weight is 369 g/mol. The van der Waals surface area contributed by atoms with Crippen LogP contribution in [0.15, 0.2) is 18.2 Å². The molecule has 6 heteroatoms. The third-order valence-corrected chi connectivity index (χ3v) is 5.29. The molecule has 25 heavy (non-hydrogen) atoms. The number of carbonyl (C=O) groups excluding carboxylic acids is 1. The van der Waals surface area contributed by atoms with Crippen molar-refractivity contribution in [2.75, 3.05) is 18.5 Å². The standard InChI is InChI=1S/C19H29ClN2O3/c1-6-24-16-10-19(21,18(16,4)5)17(23)22-13-7-8-15(14(20)9-13)25-11-12(2)3/h7-9,12,16H,6,10-11,21H2,1-5H3,(H,22,23). The minimum Gasteiger partial charge on any atom is -0.492 e. The van der Waals surface area contributed by atoms with Gasteiger partial charge in [0, 0.05) is 24.1 Å². The number of hydrogen-bond acceptors (Lipinski definition) is 4. The molecule has 0 spiro atoms. The molecular formula is C19H29ClN2O3. The topological polar surface area (TPSA) is 73.6 Å². The second-order valence-electron chi connectivity index (χ2n) is 7.65. The molecule has 2 rings (SSSR count). The van der Waals surface area contributed by atoms with Crippen LogP contribution in [0.1, 0.15) is 41.0 Å². The minimum absolute atomic E-state index is 0.0105. The van der Waals surface area contributed by atoms with E-state index in [1.165, 1.54) is 0 Å². The van der Waals surface area contributed by atoms with Crippen LogP contribution >= 0.6 is 11.6 Å². The van der Waals surface area contributed by atoms with Crippen LogP contribution < -0.4 is 15.8 Å². The van der Waals surface area contributed by atoms with E-state index in [1.54, 1.807) is 18.2 Å². The summed E-state index contributed by atoms with van der Waals surface area (Å²) in [5, 5.41) is 3.34. The minimum atomic E-state index is -0.966. The van der Waals surface area contributed by atoms with E-state index in [0.717, 1.165) is 0 Å². The van der Waals surface area contributed by atoms with Gasteiger partial charge in [-0.2, -0.15) is 0 Å². The van der Waals surface area contributed by atoms with E-state index < -0.39 is 11.0 Å². The Balaban J connectivity index is 2.05. The fraction of sp³-hybridized carbons (Fsp3) is 0.632. The second kappa shape index (κ2) is 7.52. The summed E-state index contributed by atoms with van der Waals surface area (Å²) in [6.45, 7) is 11.2. The molecule has 2 atom stereocenters. The summed E-state index contributed by atoms with van der Waals surface area (Å²) in [5.74, 6) is 0.795. The Hall–Kier alpha value is -1.30. The lowest BCUT2D eigenvalue weighted by molar-refractivity contribution is -0.166. The van der Waals surface area contributed by atoms with Crippen molar-refractivity contribution in [3.05, 3.63) is 23.2 Å². The van der Waals surface area contributed by atoms with E-state index in [2.05, 4.69) is 19.2 Å². The van der Waals surface area contributed by atoms with Crippen molar-refractivity contribution in [1.29, 1.82) is 0 Å². The summed E-state index contributed by atoms with van der Waals surface area (Å²) >= 11 is 6.25. The van der Waals surface area contributed by atoms with E-state index >= 15 is 0 Å². The Kier molecular flexibility index (Phi) is 6.02. The van der Waals surface area contributed by atoms with Gasteiger partial charge in [-0.3, -0.25) is 4.79 Å². The highest BCUT2D eigenvalue weighted by atomic mass is 35.5. The van der Waals surface area contributed by atoms with Crippen LogP contribution in [0.3, 0.4) is 0 Å². The number of carbonyl (C=O) groups is 1. The molecule has 0 radical (unpaired) electrons. The van der Waals surface area contributed by atoms with Crippen LogP contribution in [0.4, 0.5) is 5.69 Å². The monoisotopic (exact) mass is 368 g/mol. The molecule has 0 aliphatic heterocycles. The maximum Gasteiger partial charge on any atom is 0.245 e. The molecule has 1 aromatic carbocycles. The second-order valence-corrected chi connectivity index (χ2v) is 8.05.